The first kappa shape index (κ1) is 42.7. The number of rotatable bonds is 17. The van der Waals surface area contributed by atoms with E-state index in [2.05, 4.69) is 19.8 Å². The minimum atomic E-state index is -4.57. The molecule has 302 valence electrons. The second-order valence-corrected chi connectivity index (χ2v) is 14.3. The van der Waals surface area contributed by atoms with Gasteiger partial charge in [0.1, 0.15) is 17.6 Å². The minimum Gasteiger partial charge on any atom is -0.449 e. The number of nitrogens with one attached hydrogen (secondary N) is 1. The first-order valence-corrected chi connectivity index (χ1v) is 19.2. The van der Waals surface area contributed by atoms with Crippen LogP contribution >= 0.6 is 7.60 Å². The fourth-order valence-corrected chi connectivity index (χ4v) is 6.90. The van der Waals surface area contributed by atoms with Crippen LogP contribution in [0.3, 0.4) is 0 Å². The number of carbonyl (C=O) groups excluding carboxylic acids is 5. The summed E-state index contributed by atoms with van der Waals surface area (Å²) in [4.78, 5) is 78.1. The summed E-state index contributed by atoms with van der Waals surface area (Å²) in [5, 5.41) is 2.63. The average molecular weight is 795 g/mol. The Morgan fingerprint density at radius 2 is 1.51 bits per heavy atom. The number of ether oxygens (including phenoxy) is 6. The topological polar surface area (TPSA) is 224 Å². The molecule has 2 atom stereocenters. The number of piperazine rings is 1. The standard InChI is InChI=1S/C34H47N6O14P/c1-5-6-18-50-32(43)39-16-14-38(15-17-39)31(42)27(21-55(46,53-22-51-33(44)48-3)54-23-52-34(45)49-4)36-30(41)26-19-28(40-13-12-25(20-40)47-2)37-29(35-26)24-10-8-7-9-11-24/h7-11,19,25,27H,5-6,12-18,20-23H2,1-4H3,(H,36,41)/t25-,27-/m0/s1. The molecule has 0 bridgehead atoms. The zero-order valence-electron chi connectivity index (χ0n) is 31.2. The molecule has 0 aliphatic carbocycles. The predicted octanol–water partition coefficient (Wildman–Crippen LogP) is 3.26. The van der Waals surface area contributed by atoms with Crippen LogP contribution in [0.5, 0.6) is 0 Å². The van der Waals surface area contributed by atoms with E-state index < -0.39 is 63.6 Å². The van der Waals surface area contributed by atoms with Crippen molar-refractivity contribution in [1.29, 1.82) is 0 Å². The number of aromatic nitrogens is 2. The van der Waals surface area contributed by atoms with Gasteiger partial charge in [-0.05, 0) is 12.8 Å². The van der Waals surface area contributed by atoms with Crippen molar-refractivity contribution in [3.63, 3.8) is 0 Å². The summed E-state index contributed by atoms with van der Waals surface area (Å²) in [6.45, 7) is 1.77. The molecule has 55 heavy (non-hydrogen) atoms. The van der Waals surface area contributed by atoms with Gasteiger partial charge in [0.25, 0.3) is 5.91 Å². The normalized spacial score (nSPS) is 16.2. The van der Waals surface area contributed by atoms with E-state index in [1.807, 2.05) is 17.9 Å². The third-order valence-electron chi connectivity index (χ3n) is 8.55. The Bertz CT molecular complexity index is 1640. The van der Waals surface area contributed by atoms with Crippen LogP contribution < -0.4 is 10.2 Å². The average Bonchev–Trinajstić information content (AvgIpc) is 3.70. The molecule has 21 heteroatoms. The summed E-state index contributed by atoms with van der Waals surface area (Å²) < 4.78 is 53.8. The molecule has 2 aliphatic heterocycles. The van der Waals surface area contributed by atoms with E-state index in [0.29, 0.717) is 30.9 Å². The number of methoxy groups -OCH3 is 3. The molecule has 0 saturated carbocycles. The first-order valence-electron chi connectivity index (χ1n) is 17.5. The fourth-order valence-electron chi connectivity index (χ4n) is 5.49. The molecule has 1 aromatic heterocycles. The van der Waals surface area contributed by atoms with E-state index in [-0.39, 0.29) is 50.4 Å². The van der Waals surface area contributed by atoms with Gasteiger partial charge in [-0.15, -0.1) is 0 Å². The summed E-state index contributed by atoms with van der Waals surface area (Å²) in [6.07, 6.45) is -1.45. The van der Waals surface area contributed by atoms with Crippen molar-refractivity contribution in [1.82, 2.24) is 25.1 Å². The molecule has 2 saturated heterocycles. The third-order valence-corrected chi connectivity index (χ3v) is 10.4. The second-order valence-electron chi connectivity index (χ2n) is 12.2. The van der Waals surface area contributed by atoms with Crippen molar-refractivity contribution < 1.29 is 66.0 Å². The Balaban J connectivity index is 1.64. The largest absolute Gasteiger partial charge is 0.510 e. The quantitative estimate of drug-likeness (QED) is 0.0798. The van der Waals surface area contributed by atoms with E-state index in [1.165, 1.54) is 15.9 Å². The van der Waals surface area contributed by atoms with Gasteiger partial charge in [0.2, 0.25) is 19.5 Å². The molecule has 2 aliphatic rings. The lowest BCUT2D eigenvalue weighted by molar-refractivity contribution is -0.134. The van der Waals surface area contributed by atoms with Gasteiger partial charge in [0, 0.05) is 58.0 Å². The highest BCUT2D eigenvalue weighted by molar-refractivity contribution is 7.54. The summed E-state index contributed by atoms with van der Waals surface area (Å²) in [7, 11) is -0.867. The molecule has 0 unspecified atom stereocenters. The van der Waals surface area contributed by atoms with Gasteiger partial charge in [-0.25, -0.2) is 24.4 Å². The van der Waals surface area contributed by atoms with E-state index in [9.17, 15) is 28.5 Å². The van der Waals surface area contributed by atoms with Crippen molar-refractivity contribution in [3.8, 4) is 11.4 Å². The van der Waals surface area contributed by atoms with Gasteiger partial charge in [-0.1, -0.05) is 43.7 Å². The highest BCUT2D eigenvalue weighted by atomic mass is 31.2. The maximum Gasteiger partial charge on any atom is 0.510 e. The highest BCUT2D eigenvalue weighted by Crippen LogP contribution is 2.49. The molecule has 3 heterocycles. The number of benzene rings is 1. The maximum atomic E-state index is 14.2. The monoisotopic (exact) mass is 794 g/mol. The van der Waals surface area contributed by atoms with Gasteiger partial charge in [-0.3, -0.25) is 23.2 Å². The van der Waals surface area contributed by atoms with Crippen LogP contribution in [0, 0.1) is 0 Å². The molecular formula is C34H47N6O14P. The van der Waals surface area contributed by atoms with Crippen molar-refractivity contribution in [2.24, 2.45) is 0 Å². The Morgan fingerprint density at radius 1 is 0.873 bits per heavy atom. The van der Waals surface area contributed by atoms with Crippen LogP contribution in [0.15, 0.2) is 36.4 Å². The predicted molar refractivity (Wildman–Crippen MR) is 192 cm³/mol. The van der Waals surface area contributed by atoms with Gasteiger partial charge in [-0.2, -0.15) is 0 Å². The molecule has 20 nitrogen and oxygen atoms in total. The molecule has 0 spiro atoms. The third kappa shape index (κ3) is 12.8. The smallest absolute Gasteiger partial charge is 0.449 e. The molecule has 0 radical (unpaired) electrons. The van der Waals surface area contributed by atoms with Crippen LogP contribution in [0.2, 0.25) is 0 Å². The number of amides is 3. The number of unbranched alkanes of at least 4 members (excludes halogenated alkanes) is 1. The number of nitrogens with zero attached hydrogens (tertiary/aromatic N) is 5. The van der Waals surface area contributed by atoms with E-state index in [4.69, 9.17) is 33.0 Å². The van der Waals surface area contributed by atoms with Gasteiger partial charge < -0.3 is 48.4 Å². The fraction of sp³-hybridized carbons (Fsp3) is 0.559. The molecule has 3 amide bonds. The lowest BCUT2D eigenvalue weighted by atomic mass is 10.2. The Morgan fingerprint density at radius 3 is 2.09 bits per heavy atom. The van der Waals surface area contributed by atoms with Gasteiger partial charge in [0.05, 0.1) is 33.1 Å². The summed E-state index contributed by atoms with van der Waals surface area (Å²) in [6, 6.07) is 8.86. The molecular weight excluding hydrogens is 747 g/mol. The highest BCUT2D eigenvalue weighted by Gasteiger charge is 2.39. The SMILES string of the molecule is CCCCOC(=O)N1CCN(C(=O)[C@H](CP(=O)(OCOC(=O)OC)OCOC(=O)OC)NC(=O)c2cc(N3CC[C@H](OC)C3)nc(-c3ccccc3)n2)CC1. The number of hydrogen-bond acceptors (Lipinski definition) is 17. The van der Waals surface area contributed by atoms with Crippen molar-refractivity contribution in [2.45, 2.75) is 38.3 Å². The lowest BCUT2D eigenvalue weighted by Crippen LogP contribution is -2.57. The molecule has 1 aromatic carbocycles. The number of hydrogen-bond donors (Lipinski definition) is 1. The van der Waals surface area contributed by atoms with Gasteiger partial charge in [0.15, 0.2) is 5.82 Å². The summed E-state index contributed by atoms with van der Waals surface area (Å²) in [5.74, 6) is -0.850. The Kier molecular flexibility index (Phi) is 16.4. The Hall–Kier alpha value is -5.04. The maximum absolute atomic E-state index is 14.2. The summed E-state index contributed by atoms with van der Waals surface area (Å²) >= 11 is 0. The number of carbonyl (C=O) groups is 5. The van der Waals surface area contributed by atoms with Crippen molar-refractivity contribution in [2.75, 3.05) is 91.9 Å². The first-order chi connectivity index (χ1) is 26.5. The molecule has 4 rings (SSSR count). The number of anilines is 1. The lowest BCUT2D eigenvalue weighted by Gasteiger charge is -2.36. The van der Waals surface area contributed by atoms with E-state index in [0.717, 1.165) is 27.1 Å². The van der Waals surface area contributed by atoms with E-state index in [1.54, 1.807) is 31.4 Å². The Labute approximate surface area is 318 Å². The van der Waals surface area contributed by atoms with Crippen LogP contribution in [-0.2, 0) is 46.8 Å². The van der Waals surface area contributed by atoms with Gasteiger partial charge >= 0.3 is 26.0 Å². The van der Waals surface area contributed by atoms with Crippen LogP contribution in [0.25, 0.3) is 11.4 Å². The van der Waals surface area contributed by atoms with E-state index >= 15 is 0 Å². The van der Waals surface area contributed by atoms with Crippen molar-refractivity contribution in [3.05, 3.63) is 42.1 Å². The van der Waals surface area contributed by atoms with Crippen LogP contribution in [0.1, 0.15) is 36.7 Å². The zero-order valence-corrected chi connectivity index (χ0v) is 32.1. The zero-order chi connectivity index (χ0) is 39.8. The summed E-state index contributed by atoms with van der Waals surface area (Å²) in [5.41, 5.74) is 0.518. The van der Waals surface area contributed by atoms with Crippen molar-refractivity contribution >= 4 is 43.6 Å². The van der Waals surface area contributed by atoms with Crippen LogP contribution in [-0.4, -0.2) is 149 Å². The minimum absolute atomic E-state index is 0.0441. The van der Waals surface area contributed by atoms with Crippen LogP contribution in [0.4, 0.5) is 20.2 Å². The molecule has 2 aromatic rings. The second kappa shape index (κ2) is 21.2. The molecule has 1 N–H and O–H groups in total. The molecule has 2 fully saturated rings.